The van der Waals surface area contributed by atoms with Crippen molar-refractivity contribution in [1.29, 1.82) is 5.26 Å². The first kappa shape index (κ1) is 12.8. The normalized spacial score (nSPS) is 22.1. The van der Waals surface area contributed by atoms with Gasteiger partial charge in [0.1, 0.15) is 0 Å². The molecule has 0 spiro atoms. The maximum atomic E-state index is 8.85. The summed E-state index contributed by atoms with van der Waals surface area (Å²) in [4.78, 5) is 8.59. The second-order valence-corrected chi connectivity index (χ2v) is 5.09. The summed E-state index contributed by atoms with van der Waals surface area (Å²) in [7, 11) is 0. The second-order valence-electron chi connectivity index (χ2n) is 5.09. The van der Waals surface area contributed by atoms with Gasteiger partial charge in [0.05, 0.1) is 17.3 Å². The first-order chi connectivity index (χ1) is 9.86. The monoisotopic (exact) mass is 264 g/mol. The smallest absolute Gasteiger partial charge is 0.0991 e. The predicted molar refractivity (Wildman–Crippen MR) is 75.9 cm³/mol. The molecule has 2 aromatic rings. The van der Waals surface area contributed by atoms with Crippen LogP contribution in [0.5, 0.6) is 0 Å². The number of piperidine rings is 1. The van der Waals surface area contributed by atoms with Gasteiger partial charge in [0, 0.05) is 30.6 Å². The molecule has 1 aliphatic heterocycles. The maximum absolute atomic E-state index is 8.85. The van der Waals surface area contributed by atoms with E-state index in [4.69, 9.17) is 5.26 Å². The highest BCUT2D eigenvalue weighted by Crippen LogP contribution is 2.32. The molecular formula is C16H16N4. The lowest BCUT2D eigenvalue weighted by atomic mass is 9.86. The molecule has 0 radical (unpaired) electrons. The summed E-state index contributed by atoms with van der Waals surface area (Å²) in [6, 6.07) is 10.3. The zero-order valence-electron chi connectivity index (χ0n) is 11.2. The van der Waals surface area contributed by atoms with Crippen molar-refractivity contribution < 1.29 is 0 Å². The summed E-state index contributed by atoms with van der Waals surface area (Å²) in [5.74, 6) is 0.450. The minimum Gasteiger partial charge on any atom is -0.310 e. The van der Waals surface area contributed by atoms with E-state index >= 15 is 0 Å². The molecule has 0 aliphatic carbocycles. The Morgan fingerprint density at radius 1 is 1.20 bits per heavy atom. The molecule has 3 rings (SSSR count). The van der Waals surface area contributed by atoms with Crippen LogP contribution in [-0.2, 0) is 0 Å². The summed E-state index contributed by atoms with van der Waals surface area (Å²) in [6.07, 6.45) is 7.44. The predicted octanol–water partition coefficient (Wildman–Crippen LogP) is 2.56. The minimum atomic E-state index is 0.323. The molecule has 0 amide bonds. The largest absolute Gasteiger partial charge is 0.310 e. The maximum Gasteiger partial charge on any atom is 0.0991 e. The highest BCUT2D eigenvalue weighted by Gasteiger charge is 2.24. The Kier molecular flexibility index (Phi) is 3.71. The number of hydrogen-bond acceptors (Lipinski definition) is 4. The van der Waals surface area contributed by atoms with E-state index in [-0.39, 0.29) is 0 Å². The van der Waals surface area contributed by atoms with E-state index < -0.39 is 0 Å². The molecular weight excluding hydrogens is 248 g/mol. The fraction of sp³-hybridized carbons (Fsp3) is 0.312. The summed E-state index contributed by atoms with van der Waals surface area (Å²) in [6.45, 7) is 0.978. The van der Waals surface area contributed by atoms with Gasteiger partial charge in [-0.25, -0.2) is 0 Å². The summed E-state index contributed by atoms with van der Waals surface area (Å²) in [5, 5.41) is 12.4. The van der Waals surface area contributed by atoms with Gasteiger partial charge in [-0.2, -0.15) is 5.26 Å². The van der Waals surface area contributed by atoms with Crippen LogP contribution in [0.1, 0.15) is 41.6 Å². The van der Waals surface area contributed by atoms with Gasteiger partial charge in [0.25, 0.3) is 0 Å². The van der Waals surface area contributed by atoms with Crippen LogP contribution in [0.15, 0.2) is 42.9 Å². The molecule has 1 unspecified atom stereocenters. The lowest BCUT2D eigenvalue weighted by Gasteiger charge is -2.30. The van der Waals surface area contributed by atoms with Crippen molar-refractivity contribution in [2.45, 2.75) is 24.8 Å². The lowest BCUT2D eigenvalue weighted by molar-refractivity contribution is 0.364. The first-order valence-corrected chi connectivity index (χ1v) is 6.86. The average molecular weight is 264 g/mol. The molecule has 0 bridgehead atoms. The highest BCUT2D eigenvalue weighted by atomic mass is 14.9. The molecule has 20 heavy (non-hydrogen) atoms. The van der Waals surface area contributed by atoms with Crippen LogP contribution in [0, 0.1) is 11.3 Å². The molecule has 1 fully saturated rings. The molecule has 1 aliphatic rings. The van der Waals surface area contributed by atoms with Crippen molar-refractivity contribution >= 4 is 0 Å². The molecule has 1 aromatic carbocycles. The van der Waals surface area contributed by atoms with Crippen molar-refractivity contribution in [2.24, 2.45) is 0 Å². The molecule has 0 saturated carbocycles. The Balaban J connectivity index is 1.76. The Bertz CT molecular complexity index is 601. The minimum absolute atomic E-state index is 0.323. The van der Waals surface area contributed by atoms with Gasteiger partial charge < -0.3 is 5.32 Å². The van der Waals surface area contributed by atoms with Gasteiger partial charge in [-0.3, -0.25) is 9.97 Å². The number of hydrogen-bond donors (Lipinski definition) is 1. The van der Waals surface area contributed by atoms with Crippen LogP contribution in [0.4, 0.5) is 0 Å². The highest BCUT2D eigenvalue weighted by molar-refractivity contribution is 5.33. The van der Waals surface area contributed by atoms with E-state index in [1.165, 1.54) is 5.56 Å². The van der Waals surface area contributed by atoms with Crippen LogP contribution in [0.2, 0.25) is 0 Å². The molecule has 1 N–H and O–H groups in total. The van der Waals surface area contributed by atoms with Gasteiger partial charge in [0.15, 0.2) is 0 Å². The van der Waals surface area contributed by atoms with Crippen molar-refractivity contribution in [3.8, 4) is 6.07 Å². The number of nitrogens with zero attached hydrogens (tertiary/aromatic N) is 3. The summed E-state index contributed by atoms with van der Waals surface area (Å²) >= 11 is 0. The molecule has 1 saturated heterocycles. The van der Waals surface area contributed by atoms with Crippen LogP contribution in [-0.4, -0.2) is 16.5 Å². The zero-order valence-corrected chi connectivity index (χ0v) is 11.2. The van der Waals surface area contributed by atoms with Crippen LogP contribution < -0.4 is 5.32 Å². The second kappa shape index (κ2) is 5.81. The van der Waals surface area contributed by atoms with E-state index in [2.05, 4.69) is 21.4 Å². The Labute approximate surface area is 118 Å². The van der Waals surface area contributed by atoms with Gasteiger partial charge in [0.2, 0.25) is 0 Å². The van der Waals surface area contributed by atoms with E-state index in [1.54, 1.807) is 12.4 Å². The molecule has 4 heteroatoms. The van der Waals surface area contributed by atoms with E-state index in [0.29, 0.717) is 17.5 Å². The van der Waals surface area contributed by atoms with E-state index in [0.717, 1.165) is 25.1 Å². The Hall–Kier alpha value is -2.25. The van der Waals surface area contributed by atoms with Crippen LogP contribution >= 0.6 is 0 Å². The quantitative estimate of drug-likeness (QED) is 0.905. The van der Waals surface area contributed by atoms with Gasteiger partial charge in [-0.05, 0) is 37.1 Å². The number of nitriles is 1. The van der Waals surface area contributed by atoms with Crippen LogP contribution in [0.3, 0.4) is 0 Å². The lowest BCUT2D eigenvalue weighted by Crippen LogP contribution is -2.31. The molecule has 2 heterocycles. The van der Waals surface area contributed by atoms with Gasteiger partial charge >= 0.3 is 0 Å². The van der Waals surface area contributed by atoms with Gasteiger partial charge in [-0.15, -0.1) is 0 Å². The molecule has 4 nitrogen and oxygen atoms in total. The van der Waals surface area contributed by atoms with Crippen LogP contribution in [0.25, 0.3) is 0 Å². The fourth-order valence-electron chi connectivity index (χ4n) is 2.75. The standard InChI is InChI=1S/C16H16N4/c17-10-12-1-3-13(4-2-12)15-9-14(5-6-19-15)16-11-18-7-8-20-16/h1-4,7-8,11,14-15,19H,5-6,9H2/t14?,15-/m0/s1. The number of aromatic nitrogens is 2. The average Bonchev–Trinajstić information content (AvgIpc) is 2.56. The number of nitrogens with one attached hydrogen (secondary N) is 1. The Morgan fingerprint density at radius 2 is 2.05 bits per heavy atom. The zero-order chi connectivity index (χ0) is 13.8. The van der Waals surface area contributed by atoms with Crippen molar-refractivity contribution in [3.63, 3.8) is 0 Å². The third kappa shape index (κ3) is 2.68. The third-order valence-electron chi connectivity index (χ3n) is 3.85. The van der Waals surface area contributed by atoms with E-state index in [1.807, 2.05) is 30.5 Å². The fourth-order valence-corrected chi connectivity index (χ4v) is 2.75. The van der Waals surface area contributed by atoms with Crippen molar-refractivity contribution in [3.05, 3.63) is 59.7 Å². The molecule has 1 aromatic heterocycles. The van der Waals surface area contributed by atoms with Crippen molar-refractivity contribution in [1.82, 2.24) is 15.3 Å². The summed E-state index contributed by atoms with van der Waals surface area (Å²) < 4.78 is 0. The SMILES string of the molecule is N#Cc1ccc([C@@H]2CC(c3cnccn3)CCN2)cc1. The number of benzene rings is 1. The first-order valence-electron chi connectivity index (χ1n) is 6.86. The summed E-state index contributed by atoms with van der Waals surface area (Å²) in [5.41, 5.74) is 3.01. The topological polar surface area (TPSA) is 61.6 Å². The third-order valence-corrected chi connectivity index (χ3v) is 3.85. The van der Waals surface area contributed by atoms with E-state index in [9.17, 15) is 0 Å². The molecule has 100 valence electrons. The molecule has 2 atom stereocenters. The van der Waals surface area contributed by atoms with Crippen molar-refractivity contribution in [2.75, 3.05) is 6.54 Å². The Morgan fingerprint density at radius 3 is 2.75 bits per heavy atom. The number of rotatable bonds is 2. The van der Waals surface area contributed by atoms with Gasteiger partial charge in [-0.1, -0.05) is 12.1 Å².